The van der Waals surface area contributed by atoms with Crippen molar-refractivity contribution in [2.45, 2.75) is 44.7 Å². The van der Waals surface area contributed by atoms with Crippen molar-refractivity contribution in [2.24, 2.45) is 23.5 Å². The molecule has 5 rings (SSSR count). The maximum Gasteiger partial charge on any atom is 0.412 e. The Morgan fingerprint density at radius 3 is 2.56 bits per heavy atom. The molecule has 1 aromatic carbocycles. The van der Waals surface area contributed by atoms with Crippen molar-refractivity contribution in [1.29, 1.82) is 0 Å². The van der Waals surface area contributed by atoms with Crippen molar-refractivity contribution in [2.75, 3.05) is 45.7 Å². The van der Waals surface area contributed by atoms with Crippen LogP contribution < -0.4 is 10.6 Å². The van der Waals surface area contributed by atoms with Crippen LogP contribution in [0.4, 0.5) is 18.9 Å². The summed E-state index contributed by atoms with van der Waals surface area (Å²) in [5.74, 6) is -4.20. The SMILES string of the molecule is COC1=C2C(=O)c3c(O)c(CCN4CC=C(C(F)(F)F)CCC4)cc(N(C)C)c3CC2C[C@H]2CC(=O)C(C(N)=O)=C(O)C12. The summed E-state index contributed by atoms with van der Waals surface area (Å²) in [5, 5.41) is 22.5. The number of anilines is 1. The molecule has 9 nitrogen and oxygen atoms in total. The number of aliphatic hydroxyl groups is 1. The van der Waals surface area contributed by atoms with Gasteiger partial charge >= 0.3 is 6.18 Å². The van der Waals surface area contributed by atoms with E-state index in [9.17, 15) is 37.8 Å². The average molecular weight is 604 g/mol. The van der Waals surface area contributed by atoms with E-state index < -0.39 is 52.4 Å². The molecule has 232 valence electrons. The normalized spacial score (nSPS) is 24.6. The molecule has 1 heterocycles. The first-order valence-electron chi connectivity index (χ1n) is 14.4. The molecule has 1 aromatic rings. The number of rotatable bonds is 6. The van der Waals surface area contributed by atoms with Crippen molar-refractivity contribution in [1.82, 2.24) is 4.90 Å². The second kappa shape index (κ2) is 11.4. The zero-order valence-corrected chi connectivity index (χ0v) is 24.4. The molecule has 3 aliphatic carbocycles. The topological polar surface area (TPSA) is 133 Å². The van der Waals surface area contributed by atoms with E-state index in [0.717, 1.165) is 5.69 Å². The molecule has 1 amide bonds. The molecule has 1 aliphatic heterocycles. The monoisotopic (exact) mass is 603 g/mol. The molecule has 2 unspecified atom stereocenters. The van der Waals surface area contributed by atoms with Crippen molar-refractivity contribution < 1.29 is 42.5 Å². The van der Waals surface area contributed by atoms with Gasteiger partial charge in [0, 0.05) is 50.4 Å². The van der Waals surface area contributed by atoms with Crippen LogP contribution in [0.15, 0.2) is 40.4 Å². The van der Waals surface area contributed by atoms with Gasteiger partial charge in [0.2, 0.25) is 0 Å². The number of primary amides is 1. The molecule has 0 saturated heterocycles. The number of hydrogen-bond acceptors (Lipinski definition) is 8. The Kier molecular flexibility index (Phi) is 8.10. The fraction of sp³-hybridized carbons (Fsp3) is 0.516. The van der Waals surface area contributed by atoms with E-state index in [1.165, 1.54) is 13.2 Å². The van der Waals surface area contributed by atoms with Crippen molar-refractivity contribution in [3.05, 3.63) is 57.1 Å². The van der Waals surface area contributed by atoms with E-state index >= 15 is 0 Å². The van der Waals surface area contributed by atoms with Crippen LogP contribution in [0.2, 0.25) is 0 Å². The van der Waals surface area contributed by atoms with E-state index in [1.54, 1.807) is 0 Å². The van der Waals surface area contributed by atoms with Gasteiger partial charge < -0.3 is 25.6 Å². The number of carbonyl (C=O) groups is 3. The highest BCUT2D eigenvalue weighted by Gasteiger charge is 2.50. The lowest BCUT2D eigenvalue weighted by Crippen LogP contribution is -2.42. The first-order chi connectivity index (χ1) is 20.2. The molecule has 0 aromatic heterocycles. The Morgan fingerprint density at radius 1 is 1.21 bits per heavy atom. The first kappa shape index (κ1) is 30.7. The molecule has 4 aliphatic rings. The summed E-state index contributed by atoms with van der Waals surface area (Å²) in [6.07, 6.45) is -1.75. The predicted octanol–water partition coefficient (Wildman–Crippen LogP) is 3.75. The maximum atomic E-state index is 14.2. The molecule has 43 heavy (non-hydrogen) atoms. The van der Waals surface area contributed by atoms with Crippen LogP contribution in [-0.2, 0) is 27.2 Å². The number of carbonyl (C=O) groups excluding carboxylic acids is 3. The van der Waals surface area contributed by atoms with Gasteiger partial charge in [0.1, 0.15) is 22.8 Å². The van der Waals surface area contributed by atoms with Gasteiger partial charge in [-0.05, 0) is 67.7 Å². The fourth-order valence-electron chi connectivity index (χ4n) is 7.21. The lowest BCUT2D eigenvalue weighted by atomic mass is 9.62. The molecular weight excluding hydrogens is 567 g/mol. The van der Waals surface area contributed by atoms with Crippen LogP contribution in [0.3, 0.4) is 0 Å². The third kappa shape index (κ3) is 5.41. The van der Waals surface area contributed by atoms with Gasteiger partial charge in [-0.25, -0.2) is 0 Å². The highest BCUT2D eigenvalue weighted by molar-refractivity contribution is 6.20. The zero-order chi connectivity index (χ0) is 31.4. The molecule has 3 atom stereocenters. The minimum absolute atomic E-state index is 0.0223. The molecule has 12 heteroatoms. The van der Waals surface area contributed by atoms with E-state index in [-0.39, 0.29) is 47.9 Å². The number of hydrogen-bond donors (Lipinski definition) is 3. The summed E-state index contributed by atoms with van der Waals surface area (Å²) in [5.41, 5.74) is 6.68. The molecule has 0 saturated carbocycles. The van der Waals surface area contributed by atoms with Gasteiger partial charge in [0.05, 0.1) is 18.6 Å². The Bertz CT molecular complexity index is 1480. The van der Waals surface area contributed by atoms with E-state index in [1.807, 2.05) is 30.0 Å². The van der Waals surface area contributed by atoms with Gasteiger partial charge in [-0.15, -0.1) is 0 Å². The van der Waals surface area contributed by atoms with Crippen LogP contribution in [0.25, 0.3) is 0 Å². The summed E-state index contributed by atoms with van der Waals surface area (Å²) < 4.78 is 45.3. The molecule has 0 spiro atoms. The summed E-state index contributed by atoms with van der Waals surface area (Å²) >= 11 is 0. The van der Waals surface area contributed by atoms with Gasteiger partial charge in [0.25, 0.3) is 5.91 Å². The number of amides is 1. The smallest absolute Gasteiger partial charge is 0.412 e. The number of aliphatic hydroxyl groups excluding tert-OH is 1. The Morgan fingerprint density at radius 2 is 1.93 bits per heavy atom. The van der Waals surface area contributed by atoms with E-state index in [4.69, 9.17) is 10.5 Å². The Labute approximate surface area is 247 Å². The standard InChI is InChI=1S/C31H36F3N3O6/c1-36(2)20-13-15(6-9-37-8-4-5-18(7-10-37)31(32,33)34)26(39)24-19(20)12-16-11-17-14-21(38)25(30(35)42)28(41)23(17)29(43-3)22(16)27(24)40/h7,13,16-17,23,39,41H,4-6,8-12,14H2,1-3H3,(H2,35,42)/t16?,17-,23?/m0/s1. The fourth-order valence-corrected chi connectivity index (χ4v) is 7.21. The summed E-state index contributed by atoms with van der Waals surface area (Å²) in [4.78, 5) is 42.6. The number of fused-ring (bicyclic) bond motifs is 3. The number of aromatic hydroxyl groups is 1. The number of methoxy groups -OCH3 is 1. The average Bonchev–Trinajstić information content (AvgIpc) is 3.17. The second-order valence-corrected chi connectivity index (χ2v) is 12.0. The number of ether oxygens (including phenoxy) is 1. The molecular formula is C31H36F3N3O6. The Hall–Kier alpha value is -3.80. The predicted molar refractivity (Wildman–Crippen MR) is 152 cm³/mol. The van der Waals surface area contributed by atoms with E-state index in [2.05, 4.69) is 0 Å². The number of benzene rings is 1. The van der Waals surface area contributed by atoms with Crippen molar-refractivity contribution in [3.8, 4) is 5.75 Å². The van der Waals surface area contributed by atoms with Crippen LogP contribution in [0.5, 0.6) is 5.75 Å². The lowest BCUT2D eigenvalue weighted by molar-refractivity contribution is -0.123. The summed E-state index contributed by atoms with van der Waals surface area (Å²) in [7, 11) is 5.02. The maximum absolute atomic E-state index is 14.2. The number of halogens is 3. The number of allylic oxidation sites excluding steroid dienone is 2. The van der Waals surface area contributed by atoms with Crippen LogP contribution in [0, 0.1) is 17.8 Å². The minimum Gasteiger partial charge on any atom is -0.511 e. The number of alkyl halides is 3. The summed E-state index contributed by atoms with van der Waals surface area (Å²) in [6.45, 7) is 1.000. The Balaban J connectivity index is 1.52. The third-order valence-electron chi connectivity index (χ3n) is 9.20. The molecule has 0 fully saturated rings. The minimum atomic E-state index is -4.35. The van der Waals surface area contributed by atoms with E-state index in [0.29, 0.717) is 49.9 Å². The number of phenols is 1. The molecule has 0 radical (unpaired) electrons. The van der Waals surface area contributed by atoms with Crippen molar-refractivity contribution in [3.63, 3.8) is 0 Å². The third-order valence-corrected chi connectivity index (χ3v) is 9.20. The highest BCUT2D eigenvalue weighted by Crippen LogP contribution is 2.52. The number of phenolic OH excluding ortho intramolecular Hbond substituents is 1. The van der Waals surface area contributed by atoms with Gasteiger partial charge in [0.15, 0.2) is 11.6 Å². The van der Waals surface area contributed by atoms with Crippen LogP contribution >= 0.6 is 0 Å². The highest BCUT2D eigenvalue weighted by atomic mass is 19.4. The van der Waals surface area contributed by atoms with Gasteiger partial charge in [-0.2, -0.15) is 13.2 Å². The lowest BCUT2D eigenvalue weighted by Gasteiger charge is -2.42. The number of ketones is 2. The quantitative estimate of drug-likeness (QED) is 0.331. The number of nitrogens with two attached hydrogens (primary N) is 1. The second-order valence-electron chi connectivity index (χ2n) is 12.0. The molecule has 4 N–H and O–H groups in total. The van der Waals surface area contributed by atoms with Crippen LogP contribution in [0.1, 0.15) is 47.2 Å². The van der Waals surface area contributed by atoms with Crippen molar-refractivity contribution >= 4 is 23.2 Å². The van der Waals surface area contributed by atoms with Gasteiger partial charge in [-0.1, -0.05) is 6.08 Å². The largest absolute Gasteiger partial charge is 0.511 e. The molecule has 0 bridgehead atoms. The summed E-state index contributed by atoms with van der Waals surface area (Å²) in [6, 6.07) is 1.83. The zero-order valence-electron chi connectivity index (χ0n) is 24.4. The number of Topliss-reactive ketones (excluding diaryl/α,β-unsaturated/α-hetero) is 2. The number of nitrogens with zero attached hydrogens (tertiary/aromatic N) is 2. The van der Waals surface area contributed by atoms with Crippen LogP contribution in [-0.4, -0.2) is 79.6 Å². The first-order valence-corrected chi connectivity index (χ1v) is 14.4. The van der Waals surface area contributed by atoms with Gasteiger partial charge in [-0.3, -0.25) is 19.3 Å².